The van der Waals surface area contributed by atoms with E-state index >= 15 is 0 Å². The monoisotopic (exact) mass is 355 g/mol. The zero-order valence-corrected chi connectivity index (χ0v) is 15.8. The molecule has 0 aliphatic heterocycles. The van der Waals surface area contributed by atoms with Crippen LogP contribution < -0.4 is 5.32 Å². The Bertz CT molecular complexity index is 925. The molecule has 1 amide bonds. The summed E-state index contributed by atoms with van der Waals surface area (Å²) in [5.74, 6) is 1.36. The Kier molecular flexibility index (Phi) is 5.29. The van der Waals surface area contributed by atoms with Crippen LogP contribution in [0.25, 0.3) is 5.78 Å². The number of aromatic nitrogens is 6. The fourth-order valence-electron chi connectivity index (χ4n) is 3.07. The van der Waals surface area contributed by atoms with Crippen molar-refractivity contribution in [3.05, 3.63) is 35.0 Å². The van der Waals surface area contributed by atoms with Crippen molar-refractivity contribution in [2.45, 2.75) is 59.9 Å². The molecule has 0 spiro atoms. The summed E-state index contributed by atoms with van der Waals surface area (Å²) in [6.07, 6.45) is 6.39. The number of unbranched alkanes of at least 4 members (excludes halogenated alkanes) is 1. The summed E-state index contributed by atoms with van der Waals surface area (Å²) >= 11 is 0. The number of carbonyl (C=O) groups is 1. The van der Waals surface area contributed by atoms with Crippen LogP contribution in [-0.4, -0.2) is 35.3 Å². The van der Waals surface area contributed by atoms with Crippen molar-refractivity contribution in [3.8, 4) is 0 Å². The van der Waals surface area contributed by atoms with Crippen molar-refractivity contribution in [2.24, 2.45) is 0 Å². The third-order valence-corrected chi connectivity index (χ3v) is 4.59. The van der Waals surface area contributed by atoms with E-state index in [4.69, 9.17) is 0 Å². The van der Waals surface area contributed by atoms with Crippen LogP contribution in [0.1, 0.15) is 48.7 Å². The molecular weight excluding hydrogens is 330 g/mol. The first-order chi connectivity index (χ1) is 12.5. The highest BCUT2D eigenvalue weighted by atomic mass is 16.1. The Balaban J connectivity index is 1.69. The summed E-state index contributed by atoms with van der Waals surface area (Å²) in [4.78, 5) is 21.1. The number of carbonyl (C=O) groups excluding carboxylic acids is 1. The van der Waals surface area contributed by atoms with E-state index in [1.807, 2.05) is 25.5 Å². The number of anilines is 1. The van der Waals surface area contributed by atoms with E-state index in [1.54, 1.807) is 10.7 Å². The average molecular weight is 355 g/mol. The number of nitrogens with zero attached hydrogens (tertiary/aromatic N) is 6. The van der Waals surface area contributed by atoms with Crippen LogP contribution in [0.5, 0.6) is 0 Å². The van der Waals surface area contributed by atoms with Gasteiger partial charge in [-0.15, -0.1) is 0 Å². The van der Waals surface area contributed by atoms with E-state index in [1.165, 1.54) is 6.33 Å². The predicted molar refractivity (Wildman–Crippen MR) is 99.1 cm³/mol. The van der Waals surface area contributed by atoms with Crippen LogP contribution in [0.15, 0.2) is 12.5 Å². The van der Waals surface area contributed by atoms with Crippen LogP contribution in [0.4, 0.5) is 5.82 Å². The summed E-state index contributed by atoms with van der Waals surface area (Å²) in [7, 11) is 0. The minimum atomic E-state index is -0.0242. The molecular formula is C18H25N7O. The second-order valence-electron chi connectivity index (χ2n) is 6.53. The van der Waals surface area contributed by atoms with Crippen LogP contribution in [0.2, 0.25) is 0 Å². The minimum absolute atomic E-state index is 0.0242. The highest BCUT2D eigenvalue weighted by Crippen LogP contribution is 2.18. The third kappa shape index (κ3) is 3.58. The van der Waals surface area contributed by atoms with E-state index in [2.05, 4.69) is 32.4 Å². The van der Waals surface area contributed by atoms with Gasteiger partial charge in [0.2, 0.25) is 5.91 Å². The highest BCUT2D eigenvalue weighted by Gasteiger charge is 2.14. The Morgan fingerprint density at radius 3 is 2.81 bits per heavy atom. The Morgan fingerprint density at radius 2 is 2.04 bits per heavy atom. The molecule has 8 heteroatoms. The van der Waals surface area contributed by atoms with E-state index in [0.29, 0.717) is 18.6 Å². The van der Waals surface area contributed by atoms with Crippen molar-refractivity contribution >= 4 is 17.5 Å². The molecule has 0 aromatic carbocycles. The zero-order valence-electron chi connectivity index (χ0n) is 15.8. The van der Waals surface area contributed by atoms with Gasteiger partial charge < -0.3 is 5.32 Å². The van der Waals surface area contributed by atoms with Crippen LogP contribution in [0, 0.1) is 20.8 Å². The fraction of sp³-hybridized carbons (Fsp3) is 0.500. The quantitative estimate of drug-likeness (QED) is 0.703. The molecule has 0 bridgehead atoms. The van der Waals surface area contributed by atoms with E-state index < -0.39 is 0 Å². The summed E-state index contributed by atoms with van der Waals surface area (Å²) in [6, 6.07) is 0. The van der Waals surface area contributed by atoms with Gasteiger partial charge in [0.15, 0.2) is 0 Å². The Labute approximate surface area is 152 Å². The van der Waals surface area contributed by atoms with Gasteiger partial charge in [-0.2, -0.15) is 15.2 Å². The molecule has 0 atom stereocenters. The Morgan fingerprint density at radius 1 is 1.23 bits per heavy atom. The number of rotatable bonds is 7. The van der Waals surface area contributed by atoms with Gasteiger partial charge in [-0.05, 0) is 39.2 Å². The normalized spacial score (nSPS) is 11.2. The molecule has 138 valence electrons. The maximum absolute atomic E-state index is 12.5. The lowest BCUT2D eigenvalue weighted by atomic mass is 10.1. The van der Waals surface area contributed by atoms with Crippen molar-refractivity contribution < 1.29 is 4.79 Å². The molecule has 0 fully saturated rings. The zero-order chi connectivity index (χ0) is 18.7. The second kappa shape index (κ2) is 7.63. The lowest BCUT2D eigenvalue weighted by Gasteiger charge is -2.12. The summed E-state index contributed by atoms with van der Waals surface area (Å²) in [5.41, 5.74) is 3.88. The molecule has 26 heavy (non-hydrogen) atoms. The molecule has 0 radical (unpaired) electrons. The highest BCUT2D eigenvalue weighted by molar-refractivity contribution is 5.90. The van der Waals surface area contributed by atoms with Gasteiger partial charge in [-0.3, -0.25) is 4.79 Å². The van der Waals surface area contributed by atoms with Crippen LogP contribution >= 0.6 is 0 Å². The largest absolute Gasteiger partial charge is 0.311 e. The van der Waals surface area contributed by atoms with Crippen LogP contribution in [0.3, 0.4) is 0 Å². The lowest BCUT2D eigenvalue weighted by Crippen LogP contribution is -2.18. The summed E-state index contributed by atoms with van der Waals surface area (Å²) in [6.45, 7) is 8.83. The summed E-state index contributed by atoms with van der Waals surface area (Å²) < 4.78 is 3.58. The number of nitrogens with one attached hydrogen (secondary N) is 1. The van der Waals surface area contributed by atoms with E-state index in [9.17, 15) is 4.79 Å². The fourth-order valence-corrected chi connectivity index (χ4v) is 3.07. The van der Waals surface area contributed by atoms with Gasteiger partial charge in [0.05, 0.1) is 6.20 Å². The van der Waals surface area contributed by atoms with Crippen molar-refractivity contribution in [1.29, 1.82) is 0 Å². The molecule has 8 nitrogen and oxygen atoms in total. The number of hydrogen-bond acceptors (Lipinski definition) is 5. The molecule has 1 N–H and O–H groups in total. The van der Waals surface area contributed by atoms with Gasteiger partial charge in [-0.25, -0.2) is 14.2 Å². The summed E-state index contributed by atoms with van der Waals surface area (Å²) in [5, 5.41) is 11.6. The molecule has 0 saturated carbocycles. The molecule has 3 rings (SSSR count). The van der Waals surface area contributed by atoms with Crippen molar-refractivity contribution in [3.63, 3.8) is 0 Å². The SMILES string of the molecule is CCCCn1ncc(C)c1NC(=O)CCc1c(C)nc2ncnn2c1C. The molecule has 0 aliphatic carbocycles. The van der Waals surface area contributed by atoms with Crippen molar-refractivity contribution in [1.82, 2.24) is 29.4 Å². The van der Waals surface area contributed by atoms with Gasteiger partial charge >= 0.3 is 0 Å². The smallest absolute Gasteiger partial charge is 0.252 e. The van der Waals surface area contributed by atoms with Gasteiger partial charge in [0.25, 0.3) is 5.78 Å². The maximum Gasteiger partial charge on any atom is 0.252 e. The van der Waals surface area contributed by atoms with E-state index in [-0.39, 0.29) is 5.91 Å². The van der Waals surface area contributed by atoms with Gasteiger partial charge in [0, 0.05) is 29.9 Å². The molecule has 0 saturated heterocycles. The maximum atomic E-state index is 12.5. The molecule has 0 unspecified atom stereocenters. The standard InChI is InChI=1S/C18H25N7O/c1-5-6-9-24-17(12(2)10-20-24)23-16(26)8-7-15-13(3)22-18-19-11-21-25(18)14(15)4/h10-11H,5-9H2,1-4H3,(H,23,26). The van der Waals surface area contributed by atoms with Crippen molar-refractivity contribution in [2.75, 3.05) is 5.32 Å². The number of hydrogen-bond donors (Lipinski definition) is 1. The average Bonchev–Trinajstić information content (AvgIpc) is 3.20. The number of fused-ring (bicyclic) bond motifs is 1. The lowest BCUT2D eigenvalue weighted by molar-refractivity contribution is -0.116. The first kappa shape index (κ1) is 18.0. The first-order valence-electron chi connectivity index (χ1n) is 8.99. The first-order valence-corrected chi connectivity index (χ1v) is 8.99. The Hall–Kier alpha value is -2.77. The predicted octanol–water partition coefficient (Wildman–Crippen LogP) is 2.62. The minimum Gasteiger partial charge on any atom is -0.311 e. The van der Waals surface area contributed by atoms with Crippen LogP contribution in [-0.2, 0) is 17.8 Å². The molecule has 3 aromatic rings. The molecule has 3 heterocycles. The molecule has 0 aliphatic rings. The topological polar surface area (TPSA) is 90.0 Å². The van der Waals surface area contributed by atoms with Gasteiger partial charge in [0.1, 0.15) is 12.1 Å². The third-order valence-electron chi connectivity index (χ3n) is 4.59. The molecule has 3 aromatic heterocycles. The van der Waals surface area contributed by atoms with Gasteiger partial charge in [-0.1, -0.05) is 13.3 Å². The second-order valence-corrected chi connectivity index (χ2v) is 6.53. The number of amides is 1. The van der Waals surface area contributed by atoms with E-state index in [0.717, 1.165) is 47.7 Å². The number of aryl methyl sites for hydroxylation is 4.